The van der Waals surface area contributed by atoms with Gasteiger partial charge in [-0.2, -0.15) is 25.0 Å². The number of halogens is 1. The number of aliphatic hydroxyl groups excluding tert-OH is 3. The number of nitrogens with zero attached hydrogens (tertiary/aromatic N) is 7. The molecular formula is C27H27ClN8O3. The average Bonchev–Trinajstić information content (AvgIpc) is 3.68. The molecule has 0 aliphatic heterocycles. The molecule has 2 aromatic carbocycles. The Labute approximate surface area is 228 Å². The van der Waals surface area contributed by atoms with Crippen LogP contribution in [0.5, 0.6) is 0 Å². The lowest BCUT2D eigenvalue weighted by Crippen LogP contribution is -2.31. The van der Waals surface area contributed by atoms with E-state index in [0.29, 0.717) is 35.6 Å². The zero-order valence-electron chi connectivity index (χ0n) is 20.8. The van der Waals surface area contributed by atoms with Crippen molar-refractivity contribution in [2.45, 2.75) is 43.2 Å². The van der Waals surface area contributed by atoms with E-state index in [0.717, 1.165) is 11.1 Å². The van der Waals surface area contributed by atoms with Gasteiger partial charge in [-0.25, -0.2) is 4.98 Å². The number of fused-ring (bicyclic) bond motifs is 1. The molecule has 0 spiro atoms. The molecule has 0 radical (unpaired) electrons. The van der Waals surface area contributed by atoms with Crippen LogP contribution in [0.2, 0.25) is 5.28 Å². The molecule has 1 fully saturated rings. The first kappa shape index (κ1) is 25.4. The van der Waals surface area contributed by atoms with Gasteiger partial charge in [-0.1, -0.05) is 60.7 Å². The van der Waals surface area contributed by atoms with Crippen molar-refractivity contribution >= 4 is 28.6 Å². The highest BCUT2D eigenvalue weighted by Crippen LogP contribution is 2.39. The molecule has 0 saturated heterocycles. The summed E-state index contributed by atoms with van der Waals surface area (Å²) in [6, 6.07) is 19.3. The number of rotatable bonds is 8. The number of anilines is 1. The van der Waals surface area contributed by atoms with Crippen molar-refractivity contribution in [3.8, 4) is 0 Å². The number of hydrogen-bond acceptors (Lipinski definition) is 9. The summed E-state index contributed by atoms with van der Waals surface area (Å²) in [5, 5.41) is 42.8. The number of aliphatic hydroxyl groups is 3. The third-order valence-electron chi connectivity index (χ3n) is 7.26. The van der Waals surface area contributed by atoms with Crippen molar-refractivity contribution in [3.63, 3.8) is 0 Å². The molecule has 1 aliphatic carbocycles. The second kappa shape index (κ2) is 10.7. The van der Waals surface area contributed by atoms with E-state index in [-0.39, 0.29) is 17.8 Å². The molecule has 4 atom stereocenters. The molecule has 0 bridgehead atoms. The molecule has 12 heteroatoms. The summed E-state index contributed by atoms with van der Waals surface area (Å²) < 4.78 is 1.71. The van der Waals surface area contributed by atoms with E-state index < -0.39 is 24.3 Å². The molecule has 1 aliphatic rings. The summed E-state index contributed by atoms with van der Waals surface area (Å²) in [6.07, 6.45) is 1.08. The maximum absolute atomic E-state index is 10.9. The summed E-state index contributed by atoms with van der Waals surface area (Å²) >= 11 is 6.35. The summed E-state index contributed by atoms with van der Waals surface area (Å²) in [7, 11) is 0. The molecule has 0 amide bonds. The second-order valence-corrected chi connectivity index (χ2v) is 9.92. The van der Waals surface area contributed by atoms with Crippen molar-refractivity contribution in [2.75, 3.05) is 11.9 Å². The molecule has 0 unspecified atom stereocenters. The monoisotopic (exact) mass is 546 g/mol. The lowest BCUT2D eigenvalue weighted by molar-refractivity contribution is 0.00491. The zero-order chi connectivity index (χ0) is 26.9. The molecule has 39 heavy (non-hydrogen) atoms. The molecule has 1 saturated carbocycles. The average molecular weight is 547 g/mol. The van der Waals surface area contributed by atoms with Crippen molar-refractivity contribution in [1.82, 2.24) is 34.5 Å². The van der Waals surface area contributed by atoms with Crippen LogP contribution in [0, 0.1) is 0 Å². The normalized spacial score (nSPS) is 21.2. The van der Waals surface area contributed by atoms with Crippen molar-refractivity contribution < 1.29 is 15.3 Å². The summed E-state index contributed by atoms with van der Waals surface area (Å²) in [4.78, 5) is 14.7. The number of imidazole rings is 1. The smallest absolute Gasteiger partial charge is 0.226 e. The second-order valence-electron chi connectivity index (χ2n) is 9.59. The highest BCUT2D eigenvalue weighted by Gasteiger charge is 2.45. The SMILES string of the molecule is OCc1cnn([C@H]2C[C@@H](n3cnc4c(NCC(c5ccccc5)c5ccccc5)nc(Cl)nc43)[C@H](O)[C@@H]2O)n1. The van der Waals surface area contributed by atoms with Gasteiger partial charge in [-0.15, -0.1) is 0 Å². The van der Waals surface area contributed by atoms with Gasteiger partial charge in [0.1, 0.15) is 23.9 Å². The van der Waals surface area contributed by atoms with Crippen molar-refractivity contribution in [2.24, 2.45) is 0 Å². The van der Waals surface area contributed by atoms with Crippen molar-refractivity contribution in [3.05, 3.63) is 95.3 Å². The predicted molar refractivity (Wildman–Crippen MR) is 144 cm³/mol. The van der Waals surface area contributed by atoms with E-state index in [2.05, 4.69) is 54.7 Å². The Morgan fingerprint density at radius 3 is 2.26 bits per heavy atom. The van der Waals surface area contributed by atoms with Gasteiger partial charge in [0, 0.05) is 12.5 Å². The number of hydrogen-bond donors (Lipinski definition) is 4. The molecule has 4 N–H and O–H groups in total. The Bertz CT molecular complexity index is 1520. The Balaban J connectivity index is 1.30. The minimum Gasteiger partial charge on any atom is -0.390 e. The molecule has 200 valence electrons. The Morgan fingerprint density at radius 1 is 0.949 bits per heavy atom. The minimum atomic E-state index is -1.13. The van der Waals surface area contributed by atoms with Crippen LogP contribution in [0.4, 0.5) is 5.82 Å². The Hall–Kier alpha value is -3.90. The van der Waals surface area contributed by atoms with Crippen LogP contribution in [0.1, 0.15) is 41.2 Å². The van der Waals surface area contributed by atoms with Gasteiger partial charge in [-0.05, 0) is 29.1 Å². The van der Waals surface area contributed by atoms with Crippen LogP contribution in [-0.2, 0) is 6.61 Å². The van der Waals surface area contributed by atoms with E-state index in [1.165, 1.54) is 11.0 Å². The summed E-state index contributed by atoms with van der Waals surface area (Å²) in [5.41, 5.74) is 3.64. The highest BCUT2D eigenvalue weighted by atomic mass is 35.5. The van der Waals surface area contributed by atoms with E-state index in [9.17, 15) is 15.3 Å². The van der Waals surface area contributed by atoms with Gasteiger partial charge in [0.2, 0.25) is 5.28 Å². The van der Waals surface area contributed by atoms with E-state index in [1.54, 1.807) is 10.9 Å². The van der Waals surface area contributed by atoms with Crippen LogP contribution in [0.3, 0.4) is 0 Å². The van der Waals surface area contributed by atoms with Crippen LogP contribution in [-0.4, -0.2) is 68.6 Å². The highest BCUT2D eigenvalue weighted by molar-refractivity contribution is 6.28. The largest absolute Gasteiger partial charge is 0.390 e. The third kappa shape index (κ3) is 4.85. The maximum Gasteiger partial charge on any atom is 0.226 e. The summed E-state index contributed by atoms with van der Waals surface area (Å²) in [5.74, 6) is 0.530. The van der Waals surface area contributed by atoms with Gasteiger partial charge in [0.15, 0.2) is 17.0 Å². The topological polar surface area (TPSA) is 147 Å². The van der Waals surface area contributed by atoms with Crippen LogP contribution in [0.25, 0.3) is 11.2 Å². The zero-order valence-corrected chi connectivity index (χ0v) is 21.5. The fraction of sp³-hybridized carbons (Fsp3) is 0.296. The van der Waals surface area contributed by atoms with Gasteiger partial charge >= 0.3 is 0 Å². The maximum atomic E-state index is 10.9. The summed E-state index contributed by atoms with van der Waals surface area (Å²) in [6.45, 7) is 0.274. The first-order valence-corrected chi connectivity index (χ1v) is 13.0. The van der Waals surface area contributed by atoms with Gasteiger partial charge in [-0.3, -0.25) is 0 Å². The Morgan fingerprint density at radius 2 is 1.62 bits per heavy atom. The van der Waals surface area contributed by atoms with Crippen LogP contribution < -0.4 is 5.32 Å². The van der Waals surface area contributed by atoms with E-state index in [4.69, 9.17) is 11.6 Å². The fourth-order valence-electron chi connectivity index (χ4n) is 5.29. The van der Waals surface area contributed by atoms with Gasteiger partial charge in [0.05, 0.1) is 25.2 Å². The lowest BCUT2D eigenvalue weighted by Gasteiger charge is -2.20. The minimum absolute atomic E-state index is 0.0358. The molecule has 3 heterocycles. The molecule has 6 rings (SSSR count). The third-order valence-corrected chi connectivity index (χ3v) is 7.43. The number of aromatic nitrogens is 7. The van der Waals surface area contributed by atoms with Gasteiger partial charge in [0.25, 0.3) is 0 Å². The fourth-order valence-corrected chi connectivity index (χ4v) is 5.45. The lowest BCUT2D eigenvalue weighted by atomic mass is 9.91. The Kier molecular flexibility index (Phi) is 6.96. The van der Waals surface area contributed by atoms with Crippen molar-refractivity contribution in [1.29, 1.82) is 0 Å². The number of benzene rings is 2. The first-order valence-electron chi connectivity index (χ1n) is 12.6. The molecule has 5 aromatic rings. The molecular weight excluding hydrogens is 520 g/mol. The standard InChI is InChI=1S/C27H27ClN8O3/c28-27-32-25(29-13-19(16-7-3-1-4-8-16)17-9-5-2-6-10-17)22-26(33-27)35(15-30-22)20-11-21(24(39)23(20)38)36-31-12-18(14-37)34-36/h1-10,12,15,19-21,23-24,37-39H,11,13-14H2,(H,29,32,33)/t20-,21+,23+,24-/m1/s1. The quantitative estimate of drug-likeness (QED) is 0.216. The van der Waals surface area contributed by atoms with Gasteiger partial charge < -0.3 is 25.2 Å². The number of nitrogens with one attached hydrogen (secondary N) is 1. The molecule has 11 nitrogen and oxygen atoms in total. The van der Waals surface area contributed by atoms with Crippen LogP contribution in [0.15, 0.2) is 73.2 Å². The van der Waals surface area contributed by atoms with E-state index in [1.807, 2.05) is 36.4 Å². The molecule has 3 aromatic heterocycles. The van der Waals surface area contributed by atoms with E-state index >= 15 is 0 Å². The first-order chi connectivity index (χ1) is 19.0. The van der Waals surface area contributed by atoms with Crippen LogP contribution >= 0.6 is 11.6 Å². The predicted octanol–water partition coefficient (Wildman–Crippen LogP) is 2.72.